The summed E-state index contributed by atoms with van der Waals surface area (Å²) in [5.74, 6) is -1.51. The SMILES string of the molecule is CCCCNC(=O)C(=O)N/N=C/c1c(O)ccc2ccccc12. The zero-order valence-electron chi connectivity index (χ0n) is 12.9. The van der Waals surface area contributed by atoms with E-state index in [9.17, 15) is 14.7 Å². The third-order valence-corrected chi connectivity index (χ3v) is 3.33. The average molecular weight is 313 g/mol. The quantitative estimate of drug-likeness (QED) is 0.341. The zero-order valence-corrected chi connectivity index (χ0v) is 12.9. The van der Waals surface area contributed by atoms with E-state index in [2.05, 4.69) is 15.8 Å². The van der Waals surface area contributed by atoms with Gasteiger partial charge >= 0.3 is 11.8 Å². The molecule has 3 N–H and O–H groups in total. The second kappa shape index (κ2) is 7.93. The Morgan fingerprint density at radius 2 is 1.96 bits per heavy atom. The van der Waals surface area contributed by atoms with Gasteiger partial charge in [-0.1, -0.05) is 43.7 Å². The predicted octanol–water partition coefficient (Wildman–Crippen LogP) is 1.91. The van der Waals surface area contributed by atoms with Gasteiger partial charge < -0.3 is 10.4 Å². The maximum Gasteiger partial charge on any atom is 0.329 e. The van der Waals surface area contributed by atoms with Crippen LogP contribution in [0.4, 0.5) is 0 Å². The number of unbranched alkanes of at least 4 members (excludes halogenated alkanes) is 1. The lowest BCUT2D eigenvalue weighted by Crippen LogP contribution is -2.38. The van der Waals surface area contributed by atoms with Gasteiger partial charge in [0.15, 0.2) is 0 Å². The molecular formula is C17H19N3O3. The molecule has 2 amide bonds. The lowest BCUT2D eigenvalue weighted by Gasteiger charge is -2.05. The highest BCUT2D eigenvalue weighted by Crippen LogP contribution is 2.25. The van der Waals surface area contributed by atoms with Crippen molar-refractivity contribution < 1.29 is 14.7 Å². The molecule has 23 heavy (non-hydrogen) atoms. The van der Waals surface area contributed by atoms with Crippen molar-refractivity contribution in [3.63, 3.8) is 0 Å². The van der Waals surface area contributed by atoms with Gasteiger partial charge in [0, 0.05) is 12.1 Å². The Morgan fingerprint density at radius 3 is 2.74 bits per heavy atom. The fourth-order valence-electron chi connectivity index (χ4n) is 2.08. The molecule has 0 aliphatic carbocycles. The Morgan fingerprint density at radius 1 is 1.17 bits per heavy atom. The van der Waals surface area contributed by atoms with Crippen LogP contribution in [-0.4, -0.2) is 29.7 Å². The minimum atomic E-state index is -0.836. The van der Waals surface area contributed by atoms with Crippen molar-refractivity contribution in [3.8, 4) is 5.75 Å². The van der Waals surface area contributed by atoms with Gasteiger partial charge in [-0.25, -0.2) is 5.43 Å². The van der Waals surface area contributed by atoms with Gasteiger partial charge in [0.2, 0.25) is 0 Å². The summed E-state index contributed by atoms with van der Waals surface area (Å²) in [5.41, 5.74) is 2.64. The number of hydrogen-bond donors (Lipinski definition) is 3. The normalized spacial score (nSPS) is 10.8. The summed E-state index contributed by atoms with van der Waals surface area (Å²) in [4.78, 5) is 23.1. The highest BCUT2D eigenvalue weighted by atomic mass is 16.3. The van der Waals surface area contributed by atoms with Crippen LogP contribution in [0, 0.1) is 0 Å². The van der Waals surface area contributed by atoms with Crippen LogP contribution in [0.2, 0.25) is 0 Å². The summed E-state index contributed by atoms with van der Waals surface area (Å²) < 4.78 is 0. The number of phenolic OH excluding ortho intramolecular Hbond substituents is 1. The molecule has 0 heterocycles. The van der Waals surface area contributed by atoms with Gasteiger partial charge in [0.25, 0.3) is 0 Å². The first-order valence-corrected chi connectivity index (χ1v) is 7.45. The Hall–Kier alpha value is -2.89. The van der Waals surface area contributed by atoms with Gasteiger partial charge in [0.05, 0.1) is 6.21 Å². The Kier molecular flexibility index (Phi) is 5.68. The highest BCUT2D eigenvalue weighted by Gasteiger charge is 2.11. The van der Waals surface area contributed by atoms with Gasteiger partial charge in [-0.05, 0) is 23.3 Å². The number of carbonyl (C=O) groups is 2. The third kappa shape index (κ3) is 4.29. The largest absolute Gasteiger partial charge is 0.507 e. The molecule has 2 rings (SSSR count). The summed E-state index contributed by atoms with van der Waals surface area (Å²) in [6, 6.07) is 10.8. The number of amides is 2. The first kappa shape index (κ1) is 16.5. The predicted molar refractivity (Wildman–Crippen MR) is 89.3 cm³/mol. The van der Waals surface area contributed by atoms with Crippen molar-refractivity contribution in [3.05, 3.63) is 42.0 Å². The van der Waals surface area contributed by atoms with Crippen LogP contribution in [-0.2, 0) is 9.59 Å². The van der Waals surface area contributed by atoms with E-state index in [1.54, 1.807) is 12.1 Å². The van der Waals surface area contributed by atoms with E-state index in [0.29, 0.717) is 12.1 Å². The van der Waals surface area contributed by atoms with Crippen LogP contribution in [0.15, 0.2) is 41.5 Å². The molecule has 0 atom stereocenters. The first-order chi connectivity index (χ1) is 11.1. The van der Waals surface area contributed by atoms with Crippen molar-refractivity contribution in [2.24, 2.45) is 5.10 Å². The molecule has 0 saturated carbocycles. The average Bonchev–Trinajstić information content (AvgIpc) is 2.56. The van der Waals surface area contributed by atoms with Crippen LogP contribution < -0.4 is 10.7 Å². The van der Waals surface area contributed by atoms with E-state index in [1.807, 2.05) is 31.2 Å². The number of fused-ring (bicyclic) bond motifs is 1. The van der Waals surface area contributed by atoms with E-state index in [1.165, 1.54) is 6.21 Å². The van der Waals surface area contributed by atoms with E-state index in [0.717, 1.165) is 23.6 Å². The van der Waals surface area contributed by atoms with Crippen molar-refractivity contribution in [2.45, 2.75) is 19.8 Å². The number of nitrogens with zero attached hydrogens (tertiary/aromatic N) is 1. The van der Waals surface area contributed by atoms with Crippen molar-refractivity contribution in [2.75, 3.05) is 6.54 Å². The fraction of sp³-hybridized carbons (Fsp3) is 0.235. The van der Waals surface area contributed by atoms with Gasteiger partial charge in [-0.2, -0.15) is 5.10 Å². The lowest BCUT2D eigenvalue weighted by molar-refractivity contribution is -0.139. The Bertz CT molecular complexity index is 741. The maximum atomic E-state index is 11.6. The number of benzene rings is 2. The summed E-state index contributed by atoms with van der Waals surface area (Å²) in [6.07, 6.45) is 3.07. The minimum absolute atomic E-state index is 0.0501. The van der Waals surface area contributed by atoms with Crippen LogP contribution in [0.5, 0.6) is 5.75 Å². The lowest BCUT2D eigenvalue weighted by atomic mass is 10.0. The molecule has 120 valence electrons. The van der Waals surface area contributed by atoms with Gasteiger partial charge in [0.1, 0.15) is 5.75 Å². The molecule has 6 heteroatoms. The standard InChI is InChI=1S/C17H19N3O3/c1-2-3-10-18-16(22)17(23)20-19-11-14-13-7-5-4-6-12(13)8-9-15(14)21/h4-9,11,21H,2-3,10H2,1H3,(H,18,22)(H,20,23)/b19-11+. The second-order valence-electron chi connectivity index (χ2n) is 5.03. The molecule has 0 radical (unpaired) electrons. The number of aromatic hydroxyl groups is 1. The molecule has 0 spiro atoms. The van der Waals surface area contributed by atoms with Crippen LogP contribution in [0.25, 0.3) is 10.8 Å². The molecular weight excluding hydrogens is 294 g/mol. The summed E-state index contributed by atoms with van der Waals surface area (Å²) in [5, 5.41) is 17.9. The minimum Gasteiger partial charge on any atom is -0.507 e. The number of phenols is 1. The molecule has 0 aromatic heterocycles. The summed E-state index contributed by atoms with van der Waals surface area (Å²) >= 11 is 0. The van der Waals surface area contributed by atoms with Crippen LogP contribution in [0.1, 0.15) is 25.3 Å². The number of nitrogens with one attached hydrogen (secondary N) is 2. The van der Waals surface area contributed by atoms with E-state index >= 15 is 0 Å². The number of carbonyl (C=O) groups excluding carboxylic acids is 2. The molecule has 0 bridgehead atoms. The Balaban J connectivity index is 2.05. The Labute approximate surface area is 134 Å². The molecule has 2 aromatic carbocycles. The van der Waals surface area contributed by atoms with E-state index in [-0.39, 0.29) is 5.75 Å². The smallest absolute Gasteiger partial charge is 0.329 e. The molecule has 0 unspecified atom stereocenters. The second-order valence-corrected chi connectivity index (χ2v) is 5.03. The van der Waals surface area contributed by atoms with E-state index < -0.39 is 11.8 Å². The fourth-order valence-corrected chi connectivity index (χ4v) is 2.08. The van der Waals surface area contributed by atoms with Gasteiger partial charge in [-0.15, -0.1) is 0 Å². The van der Waals surface area contributed by atoms with Crippen LogP contribution >= 0.6 is 0 Å². The molecule has 6 nitrogen and oxygen atoms in total. The number of rotatable bonds is 5. The molecule has 0 aliphatic rings. The first-order valence-electron chi connectivity index (χ1n) is 7.45. The highest BCUT2D eigenvalue weighted by molar-refractivity contribution is 6.35. The third-order valence-electron chi connectivity index (χ3n) is 3.33. The molecule has 2 aromatic rings. The topological polar surface area (TPSA) is 90.8 Å². The summed E-state index contributed by atoms with van der Waals surface area (Å²) in [6.45, 7) is 2.45. The summed E-state index contributed by atoms with van der Waals surface area (Å²) in [7, 11) is 0. The molecule has 0 fully saturated rings. The van der Waals surface area contributed by atoms with Gasteiger partial charge in [-0.3, -0.25) is 9.59 Å². The van der Waals surface area contributed by atoms with Crippen molar-refractivity contribution >= 4 is 28.8 Å². The van der Waals surface area contributed by atoms with Crippen LogP contribution in [0.3, 0.4) is 0 Å². The monoisotopic (exact) mass is 313 g/mol. The van der Waals surface area contributed by atoms with Crippen molar-refractivity contribution in [1.82, 2.24) is 10.7 Å². The number of hydrazone groups is 1. The molecule has 0 aliphatic heterocycles. The van der Waals surface area contributed by atoms with Crippen molar-refractivity contribution in [1.29, 1.82) is 0 Å². The zero-order chi connectivity index (χ0) is 16.7. The molecule has 0 saturated heterocycles. The van der Waals surface area contributed by atoms with E-state index in [4.69, 9.17) is 0 Å². The number of hydrogen-bond acceptors (Lipinski definition) is 4. The maximum absolute atomic E-state index is 11.6.